The number of halogens is 3. The molecule has 0 amide bonds. The van der Waals surface area contributed by atoms with E-state index in [4.69, 9.17) is 5.11 Å². The molecule has 0 spiro atoms. The molecule has 1 heterocycles. The normalized spacial score (nSPS) is 14.7. The molecule has 0 bridgehead atoms. The van der Waals surface area contributed by atoms with Gasteiger partial charge in [0, 0.05) is 0 Å². The molecular weight excluding hydrogens is 227 g/mol. The summed E-state index contributed by atoms with van der Waals surface area (Å²) in [5.74, 6) is -2.03. The minimum Gasteiger partial charge on any atom is -0.457 e. The number of rotatable bonds is 1. The molecule has 84 valence electrons. The Hall–Kier alpha value is -2.05. The third kappa shape index (κ3) is 1.71. The molecule has 2 N–H and O–H groups in total. The Morgan fingerprint density at radius 3 is 2.62 bits per heavy atom. The summed E-state index contributed by atoms with van der Waals surface area (Å²) in [5.41, 5.74) is -0.235. The predicted octanol–water partition coefficient (Wildman–Crippen LogP) is 0.450. The Morgan fingerprint density at radius 1 is 1.31 bits per heavy atom. The number of aliphatic hydroxyl groups excluding tert-OH is 1. The SMILES string of the molecule is O=C1C(O)=[NH+]c2c(OC(F)(F)F)cccc21. The van der Waals surface area contributed by atoms with Crippen molar-refractivity contribution in [2.75, 3.05) is 0 Å². The van der Waals surface area contributed by atoms with Gasteiger partial charge in [-0.25, -0.2) is 0 Å². The lowest BCUT2D eigenvalue weighted by Crippen LogP contribution is -2.64. The van der Waals surface area contributed by atoms with Crippen LogP contribution in [0.4, 0.5) is 18.9 Å². The molecule has 0 radical (unpaired) electrons. The van der Waals surface area contributed by atoms with Gasteiger partial charge in [0.05, 0.1) is 0 Å². The lowest BCUT2D eigenvalue weighted by Gasteiger charge is -2.07. The van der Waals surface area contributed by atoms with Crippen molar-refractivity contribution in [3.05, 3.63) is 23.8 Å². The summed E-state index contributed by atoms with van der Waals surface area (Å²) in [6, 6.07) is 3.57. The second-order valence-electron chi connectivity index (χ2n) is 3.03. The first kappa shape index (κ1) is 10.5. The third-order valence-electron chi connectivity index (χ3n) is 1.96. The third-order valence-corrected chi connectivity index (χ3v) is 1.96. The molecule has 4 nitrogen and oxygen atoms in total. The number of para-hydroxylation sites is 1. The van der Waals surface area contributed by atoms with Crippen molar-refractivity contribution in [3.63, 3.8) is 0 Å². The van der Waals surface area contributed by atoms with E-state index in [0.717, 1.165) is 6.07 Å². The van der Waals surface area contributed by atoms with E-state index in [2.05, 4.69) is 9.73 Å². The number of aliphatic hydroxyl groups is 1. The van der Waals surface area contributed by atoms with Crippen LogP contribution in [0.3, 0.4) is 0 Å². The maximum absolute atomic E-state index is 12.0. The molecule has 0 unspecified atom stereocenters. The van der Waals surface area contributed by atoms with Crippen LogP contribution in [0.1, 0.15) is 10.4 Å². The van der Waals surface area contributed by atoms with Gasteiger partial charge in [0.2, 0.25) is 5.75 Å². The van der Waals surface area contributed by atoms with E-state index >= 15 is 0 Å². The Labute approximate surface area is 87.0 Å². The molecule has 0 atom stereocenters. The maximum Gasteiger partial charge on any atom is 0.573 e. The summed E-state index contributed by atoms with van der Waals surface area (Å²) in [6.07, 6.45) is -4.85. The van der Waals surface area contributed by atoms with Gasteiger partial charge in [-0.05, 0) is 12.1 Å². The number of hydrogen-bond donors (Lipinski definition) is 2. The maximum atomic E-state index is 12.0. The number of ether oxygens (including phenoxy) is 1. The monoisotopic (exact) mass is 232 g/mol. The van der Waals surface area contributed by atoms with Crippen LogP contribution in [0.25, 0.3) is 0 Å². The zero-order valence-electron chi connectivity index (χ0n) is 7.63. The molecule has 2 rings (SSSR count). The minimum absolute atomic E-state index is 0.0562. The Balaban J connectivity index is 2.47. The lowest BCUT2D eigenvalue weighted by molar-refractivity contribution is -0.365. The smallest absolute Gasteiger partial charge is 0.457 e. The first-order valence-electron chi connectivity index (χ1n) is 4.15. The average Bonchev–Trinajstić information content (AvgIpc) is 2.43. The summed E-state index contributed by atoms with van der Waals surface area (Å²) in [4.78, 5) is 13.4. The van der Waals surface area contributed by atoms with Gasteiger partial charge < -0.3 is 9.84 Å². The summed E-state index contributed by atoms with van der Waals surface area (Å²) >= 11 is 0. The highest BCUT2D eigenvalue weighted by Gasteiger charge is 2.39. The van der Waals surface area contributed by atoms with Crippen LogP contribution >= 0.6 is 0 Å². The molecule has 0 aliphatic carbocycles. The molecule has 1 aliphatic heterocycles. The molecular formula is C9H5F3NO3+. The topological polar surface area (TPSA) is 60.5 Å². The number of nitrogens with one attached hydrogen (secondary N) is 1. The van der Waals surface area contributed by atoms with E-state index in [0.29, 0.717) is 0 Å². The van der Waals surface area contributed by atoms with Crippen molar-refractivity contribution in [3.8, 4) is 5.75 Å². The largest absolute Gasteiger partial charge is 0.573 e. The number of carbonyl (C=O) groups excluding carboxylic acids is 1. The van der Waals surface area contributed by atoms with Crippen molar-refractivity contribution >= 4 is 17.4 Å². The molecule has 0 fully saturated rings. The standard InChI is InChI=1S/C9H4F3NO3/c10-9(11,12)16-5-3-1-2-4-6(5)13-8(15)7(4)14/h1-3H,(H,13,14,15)/p+1. The van der Waals surface area contributed by atoms with Gasteiger partial charge in [0.15, 0.2) is 0 Å². The fourth-order valence-electron chi connectivity index (χ4n) is 1.36. The first-order chi connectivity index (χ1) is 7.38. The van der Waals surface area contributed by atoms with Crippen LogP contribution in [0.15, 0.2) is 18.2 Å². The van der Waals surface area contributed by atoms with Crippen molar-refractivity contribution in [1.29, 1.82) is 0 Å². The molecule has 7 heteroatoms. The summed E-state index contributed by atoms with van der Waals surface area (Å²) in [5, 5.41) is 9.06. The summed E-state index contributed by atoms with van der Waals surface area (Å²) in [6.45, 7) is 0. The van der Waals surface area contributed by atoms with E-state index in [1.165, 1.54) is 12.1 Å². The highest BCUT2D eigenvalue weighted by molar-refractivity contribution is 6.43. The Morgan fingerprint density at radius 2 is 2.00 bits per heavy atom. The van der Waals surface area contributed by atoms with E-state index < -0.39 is 23.8 Å². The zero-order chi connectivity index (χ0) is 11.9. The van der Waals surface area contributed by atoms with E-state index in [-0.39, 0.29) is 11.3 Å². The fraction of sp³-hybridized carbons (Fsp3) is 0.111. The molecule has 0 aromatic heterocycles. The minimum atomic E-state index is -4.85. The molecule has 1 aromatic carbocycles. The lowest BCUT2D eigenvalue weighted by atomic mass is 10.1. The summed E-state index contributed by atoms with van der Waals surface area (Å²) in [7, 11) is 0. The number of Topliss-reactive ketones (excluding diaryl/α,β-unsaturated/α-hetero) is 1. The van der Waals surface area contributed by atoms with Gasteiger partial charge in [0.1, 0.15) is 5.56 Å². The van der Waals surface area contributed by atoms with Crippen LogP contribution < -0.4 is 9.73 Å². The Bertz CT molecular complexity index is 493. The van der Waals surface area contributed by atoms with Crippen molar-refractivity contribution in [2.45, 2.75) is 6.36 Å². The van der Waals surface area contributed by atoms with Crippen molar-refractivity contribution in [1.82, 2.24) is 0 Å². The number of benzene rings is 1. The van der Waals surface area contributed by atoms with Crippen molar-refractivity contribution in [2.24, 2.45) is 0 Å². The highest BCUT2D eigenvalue weighted by Crippen LogP contribution is 2.30. The average molecular weight is 232 g/mol. The van der Waals surface area contributed by atoms with Gasteiger partial charge in [-0.1, -0.05) is 6.07 Å². The van der Waals surface area contributed by atoms with Crippen LogP contribution in [-0.2, 0) is 0 Å². The van der Waals surface area contributed by atoms with Gasteiger partial charge in [-0.2, -0.15) is 4.99 Å². The molecule has 1 aliphatic rings. The number of ketones is 1. The van der Waals surface area contributed by atoms with Crippen LogP contribution in [0.2, 0.25) is 0 Å². The van der Waals surface area contributed by atoms with Gasteiger partial charge in [-0.15, -0.1) is 13.2 Å². The van der Waals surface area contributed by atoms with Crippen LogP contribution in [0.5, 0.6) is 5.75 Å². The second kappa shape index (κ2) is 3.22. The number of carbonyl (C=O) groups is 1. The Kier molecular flexibility index (Phi) is 2.11. The summed E-state index contributed by atoms with van der Waals surface area (Å²) < 4.78 is 39.7. The number of alkyl halides is 3. The highest BCUT2D eigenvalue weighted by atomic mass is 19.4. The van der Waals surface area contributed by atoms with Crippen LogP contribution in [0, 0.1) is 0 Å². The van der Waals surface area contributed by atoms with E-state index in [9.17, 15) is 18.0 Å². The quantitative estimate of drug-likeness (QED) is 0.739. The molecule has 16 heavy (non-hydrogen) atoms. The van der Waals surface area contributed by atoms with E-state index in [1.807, 2.05) is 0 Å². The van der Waals surface area contributed by atoms with E-state index in [1.54, 1.807) is 0 Å². The van der Waals surface area contributed by atoms with Gasteiger partial charge >= 0.3 is 18.0 Å². The molecule has 0 saturated carbocycles. The second-order valence-corrected chi connectivity index (χ2v) is 3.03. The number of hydrogen-bond acceptors (Lipinski definition) is 2. The first-order valence-corrected chi connectivity index (χ1v) is 4.15. The predicted molar refractivity (Wildman–Crippen MR) is 45.7 cm³/mol. The van der Waals surface area contributed by atoms with Crippen LogP contribution in [-0.4, -0.2) is 23.1 Å². The molecule has 0 saturated heterocycles. The van der Waals surface area contributed by atoms with Gasteiger partial charge in [-0.3, -0.25) is 4.79 Å². The van der Waals surface area contributed by atoms with Crippen molar-refractivity contribution < 1.29 is 32.8 Å². The van der Waals surface area contributed by atoms with Gasteiger partial charge in [0.25, 0.3) is 5.69 Å². The fourth-order valence-corrected chi connectivity index (χ4v) is 1.36. The zero-order valence-corrected chi connectivity index (χ0v) is 7.63. The molecule has 1 aromatic rings. The number of fused-ring (bicyclic) bond motifs is 1.